The Morgan fingerprint density at radius 3 is 1.37 bits per heavy atom. The summed E-state index contributed by atoms with van der Waals surface area (Å²) in [6.45, 7) is 0. The first-order valence-corrected chi connectivity index (χ1v) is 27.2. The van der Waals surface area contributed by atoms with E-state index >= 15 is 0 Å². The van der Waals surface area contributed by atoms with E-state index in [1.807, 2.05) is 12.1 Å². The molecule has 14 aromatic rings. The van der Waals surface area contributed by atoms with Gasteiger partial charge in [-0.25, -0.2) is 0 Å². The van der Waals surface area contributed by atoms with E-state index in [-0.39, 0.29) is 0 Å². The molecule has 0 unspecified atom stereocenters. The van der Waals surface area contributed by atoms with E-state index < -0.39 is 5.41 Å². The normalized spacial score (nSPS) is 12.4. The summed E-state index contributed by atoms with van der Waals surface area (Å²) in [5, 5.41) is 4.77. The maximum absolute atomic E-state index is 6.32. The van der Waals surface area contributed by atoms with E-state index in [0.717, 1.165) is 55.7 Å². The average molecular weight is 1010 g/mol. The smallest absolute Gasteiger partial charge is 0.136 e. The molecule has 2 nitrogen and oxygen atoms in total. The lowest BCUT2D eigenvalue weighted by molar-refractivity contribution is 0.669. The van der Waals surface area contributed by atoms with Gasteiger partial charge in [0, 0.05) is 27.8 Å². The van der Waals surface area contributed by atoms with Gasteiger partial charge in [0.05, 0.1) is 5.41 Å². The van der Waals surface area contributed by atoms with Crippen molar-refractivity contribution in [1.82, 2.24) is 0 Å². The summed E-state index contributed by atoms with van der Waals surface area (Å²) < 4.78 is 6.32. The molecule has 1 heterocycles. The van der Waals surface area contributed by atoms with E-state index in [9.17, 15) is 0 Å². The number of benzene rings is 13. The SMILES string of the molecule is c1ccc(C2(c3ccccc3)c3ccccc3-c3c(-c4ccc(N(c5ccc(-c6ccc(-c7cccc(-c8ccc9ccccc9c8)c7)cc6)cc5)c5ccc(-c6ccc7c(c6)oc6ccccc67)cc5)cc4)cccc32)cc1. The minimum absolute atomic E-state index is 0.468. The van der Waals surface area contributed by atoms with Crippen LogP contribution in [0.1, 0.15) is 22.3 Å². The lowest BCUT2D eigenvalue weighted by Gasteiger charge is -2.34. The first kappa shape index (κ1) is 46.1. The van der Waals surface area contributed by atoms with Gasteiger partial charge in [-0.15, -0.1) is 0 Å². The third-order valence-electron chi connectivity index (χ3n) is 16.4. The Bertz CT molecular complexity index is 4520. The molecule has 79 heavy (non-hydrogen) atoms. The second kappa shape index (κ2) is 19.1. The number of fused-ring (bicyclic) bond motifs is 7. The molecule has 370 valence electrons. The summed E-state index contributed by atoms with van der Waals surface area (Å²) >= 11 is 0. The largest absolute Gasteiger partial charge is 0.456 e. The van der Waals surface area contributed by atoms with Crippen LogP contribution in [0.15, 0.2) is 314 Å². The summed E-state index contributed by atoms with van der Waals surface area (Å²) in [5.41, 5.74) is 24.0. The number of rotatable bonds is 10. The molecule has 0 atom stereocenters. The van der Waals surface area contributed by atoms with Crippen molar-refractivity contribution < 1.29 is 4.42 Å². The maximum Gasteiger partial charge on any atom is 0.136 e. The van der Waals surface area contributed by atoms with E-state index in [1.54, 1.807) is 0 Å². The molecule has 2 heteroatoms. The fraction of sp³-hybridized carbons (Fsp3) is 0.0130. The zero-order chi connectivity index (χ0) is 52.3. The van der Waals surface area contributed by atoms with Crippen LogP contribution in [0.3, 0.4) is 0 Å². The molecule has 0 saturated carbocycles. The van der Waals surface area contributed by atoms with Gasteiger partial charge >= 0.3 is 0 Å². The molecule has 1 aliphatic rings. The topological polar surface area (TPSA) is 16.4 Å². The maximum atomic E-state index is 6.32. The molecule has 0 radical (unpaired) electrons. The molecular formula is C77H51NO. The van der Waals surface area contributed by atoms with Crippen LogP contribution >= 0.6 is 0 Å². The van der Waals surface area contributed by atoms with Crippen LogP contribution in [0.4, 0.5) is 17.1 Å². The summed E-state index contributed by atoms with van der Waals surface area (Å²) in [6.07, 6.45) is 0. The predicted molar refractivity (Wildman–Crippen MR) is 330 cm³/mol. The quantitative estimate of drug-likeness (QED) is 0.136. The van der Waals surface area contributed by atoms with Crippen LogP contribution in [0.5, 0.6) is 0 Å². The number of nitrogens with zero attached hydrogens (tertiary/aromatic N) is 1. The molecule has 1 aromatic heterocycles. The predicted octanol–water partition coefficient (Wildman–Crippen LogP) is 20.9. The Balaban J connectivity index is 0.784. The van der Waals surface area contributed by atoms with Gasteiger partial charge in [-0.1, -0.05) is 243 Å². The van der Waals surface area contributed by atoms with Crippen LogP contribution in [-0.4, -0.2) is 0 Å². The monoisotopic (exact) mass is 1010 g/mol. The van der Waals surface area contributed by atoms with Crippen LogP contribution in [0, 0.1) is 0 Å². The van der Waals surface area contributed by atoms with E-state index in [1.165, 1.54) is 83.1 Å². The lowest BCUT2D eigenvalue weighted by atomic mass is 9.67. The molecule has 0 bridgehead atoms. The highest BCUT2D eigenvalue weighted by Crippen LogP contribution is 2.58. The minimum atomic E-state index is -0.468. The van der Waals surface area contributed by atoms with Gasteiger partial charge in [0.2, 0.25) is 0 Å². The number of hydrogen-bond donors (Lipinski definition) is 0. The molecule has 0 spiro atoms. The van der Waals surface area contributed by atoms with E-state index in [4.69, 9.17) is 4.42 Å². The molecule has 15 rings (SSSR count). The third kappa shape index (κ3) is 7.88. The number of furan rings is 1. The van der Waals surface area contributed by atoms with Gasteiger partial charge in [0.25, 0.3) is 0 Å². The zero-order valence-electron chi connectivity index (χ0n) is 43.3. The molecule has 13 aromatic carbocycles. The van der Waals surface area contributed by atoms with Crippen molar-refractivity contribution in [3.05, 3.63) is 332 Å². The summed E-state index contributed by atoms with van der Waals surface area (Å²) in [7, 11) is 0. The fourth-order valence-corrected chi connectivity index (χ4v) is 12.6. The Kier molecular flexibility index (Phi) is 11.1. The van der Waals surface area contributed by atoms with Crippen molar-refractivity contribution in [1.29, 1.82) is 0 Å². The van der Waals surface area contributed by atoms with Gasteiger partial charge in [0.1, 0.15) is 11.2 Å². The van der Waals surface area contributed by atoms with Crippen LogP contribution < -0.4 is 4.90 Å². The standard InChI is InChI=1S/C77H51NO/c1-3-19-63(20-4-1)77(64-21-5-2-6-22-64)72-26-11-9-24-71(72)76-68(25-14-27-73(76)77)57-39-46-67(47-40-57)78(66-44-37-56(38-45-66)62-41-48-70-69-23-10-12-28-74(69)79-75(70)51-62)65-42-35-54(36-43-65)53-29-31-55(32-30-53)59-17-13-18-60(49-59)61-34-33-52-15-7-8-16-58(52)50-61/h1-51H. The van der Waals surface area contributed by atoms with Crippen LogP contribution in [0.25, 0.3) is 99.5 Å². The van der Waals surface area contributed by atoms with E-state index in [2.05, 4.69) is 302 Å². The molecule has 0 saturated heterocycles. The Labute approximate surface area is 460 Å². The van der Waals surface area contributed by atoms with Crippen LogP contribution in [0.2, 0.25) is 0 Å². The van der Waals surface area contributed by atoms with Gasteiger partial charge < -0.3 is 9.32 Å². The highest BCUT2D eigenvalue weighted by Gasteiger charge is 2.46. The van der Waals surface area contributed by atoms with Crippen molar-refractivity contribution in [3.63, 3.8) is 0 Å². The first-order valence-electron chi connectivity index (χ1n) is 27.2. The van der Waals surface area contributed by atoms with E-state index in [0.29, 0.717) is 0 Å². The third-order valence-corrected chi connectivity index (χ3v) is 16.4. The fourth-order valence-electron chi connectivity index (χ4n) is 12.6. The summed E-state index contributed by atoms with van der Waals surface area (Å²) in [5.74, 6) is 0. The van der Waals surface area contributed by atoms with Crippen molar-refractivity contribution in [3.8, 4) is 66.8 Å². The molecule has 0 aliphatic heterocycles. The second-order valence-corrected chi connectivity index (χ2v) is 20.8. The summed E-state index contributed by atoms with van der Waals surface area (Å²) in [6, 6.07) is 113. The van der Waals surface area contributed by atoms with Crippen molar-refractivity contribution >= 4 is 49.8 Å². The van der Waals surface area contributed by atoms with Gasteiger partial charge in [-0.3, -0.25) is 0 Å². The molecule has 1 aliphatic carbocycles. The van der Waals surface area contributed by atoms with Crippen molar-refractivity contribution in [2.24, 2.45) is 0 Å². The molecular weight excluding hydrogens is 955 g/mol. The average Bonchev–Trinajstić information content (AvgIpc) is 3.25. The van der Waals surface area contributed by atoms with Gasteiger partial charge in [-0.05, 0) is 167 Å². The van der Waals surface area contributed by atoms with Crippen molar-refractivity contribution in [2.75, 3.05) is 4.90 Å². The van der Waals surface area contributed by atoms with Crippen molar-refractivity contribution in [2.45, 2.75) is 5.41 Å². The molecule has 0 amide bonds. The minimum Gasteiger partial charge on any atom is -0.456 e. The first-order chi connectivity index (χ1) is 39.1. The lowest BCUT2D eigenvalue weighted by Crippen LogP contribution is -2.28. The summed E-state index contributed by atoms with van der Waals surface area (Å²) in [4.78, 5) is 2.37. The van der Waals surface area contributed by atoms with Gasteiger partial charge in [0.15, 0.2) is 0 Å². The molecule has 0 fully saturated rings. The van der Waals surface area contributed by atoms with Crippen LogP contribution in [-0.2, 0) is 5.41 Å². The Morgan fingerprint density at radius 1 is 0.253 bits per heavy atom. The number of anilines is 3. The Morgan fingerprint density at radius 2 is 0.696 bits per heavy atom. The van der Waals surface area contributed by atoms with Gasteiger partial charge in [-0.2, -0.15) is 0 Å². The number of hydrogen-bond acceptors (Lipinski definition) is 2. The Hall–Kier alpha value is -10.3. The highest BCUT2D eigenvalue weighted by molar-refractivity contribution is 6.06. The number of para-hydroxylation sites is 1. The zero-order valence-corrected chi connectivity index (χ0v) is 43.3. The molecule has 0 N–H and O–H groups in total. The highest BCUT2D eigenvalue weighted by atomic mass is 16.3. The second-order valence-electron chi connectivity index (χ2n) is 20.8.